The zero-order chi connectivity index (χ0) is 23.7. The largest absolute Gasteiger partial charge is 0.450 e. The van der Waals surface area contributed by atoms with Crippen LogP contribution in [0.1, 0.15) is 31.5 Å². The second-order valence-electron chi connectivity index (χ2n) is 7.92. The summed E-state index contributed by atoms with van der Waals surface area (Å²) in [6.07, 6.45) is 2.65. The van der Waals surface area contributed by atoms with Crippen molar-refractivity contribution in [2.45, 2.75) is 36.7 Å². The normalized spacial score (nSPS) is 14.7. The number of thiophene rings is 1. The fourth-order valence-corrected chi connectivity index (χ4v) is 5.89. The van der Waals surface area contributed by atoms with E-state index in [4.69, 9.17) is 9.72 Å². The molecular weight excluding hydrogens is 474 g/mol. The molecule has 0 unspecified atom stereocenters. The van der Waals surface area contributed by atoms with Crippen LogP contribution in [0.3, 0.4) is 0 Å². The van der Waals surface area contributed by atoms with Crippen molar-refractivity contribution < 1.29 is 9.53 Å². The van der Waals surface area contributed by atoms with Gasteiger partial charge in [0.15, 0.2) is 5.16 Å². The first-order valence-corrected chi connectivity index (χ1v) is 12.9. The van der Waals surface area contributed by atoms with Crippen LogP contribution in [-0.2, 0) is 10.5 Å². The molecule has 0 aliphatic carbocycles. The Bertz CT molecular complexity index is 1470. The molecule has 1 saturated heterocycles. The number of hydrogen-bond donors (Lipinski definition) is 0. The third-order valence-electron chi connectivity index (χ3n) is 5.81. The van der Waals surface area contributed by atoms with Crippen molar-refractivity contribution in [2.24, 2.45) is 0 Å². The smallest absolute Gasteiger partial charge is 0.409 e. The van der Waals surface area contributed by atoms with Crippen LogP contribution in [0, 0.1) is 0 Å². The lowest BCUT2D eigenvalue weighted by Crippen LogP contribution is -2.41. The molecule has 5 rings (SSSR count). The predicted octanol–water partition coefficient (Wildman–Crippen LogP) is 3.55. The second-order valence-corrected chi connectivity index (χ2v) is 9.78. The minimum absolute atomic E-state index is 0.0661. The maximum Gasteiger partial charge on any atom is 0.409 e. The lowest BCUT2D eigenvalue weighted by molar-refractivity contribution is 0.0915. The van der Waals surface area contributed by atoms with E-state index in [2.05, 4.69) is 4.98 Å². The summed E-state index contributed by atoms with van der Waals surface area (Å²) in [6, 6.07) is 8.71. The number of piperidine rings is 1. The molecule has 1 aliphatic heterocycles. The summed E-state index contributed by atoms with van der Waals surface area (Å²) < 4.78 is 9.00. The Kier molecular flexibility index (Phi) is 6.38. The van der Waals surface area contributed by atoms with E-state index in [-0.39, 0.29) is 23.3 Å². The third-order valence-corrected chi connectivity index (χ3v) is 7.69. The summed E-state index contributed by atoms with van der Waals surface area (Å²) in [7, 11) is 0. The number of hydrogen-bond acceptors (Lipinski definition) is 8. The lowest BCUT2D eigenvalue weighted by atomic mass is 10.1. The maximum atomic E-state index is 13.4. The second kappa shape index (κ2) is 9.59. The number of ether oxygens (including phenoxy) is 1. The zero-order valence-electron chi connectivity index (χ0n) is 18.5. The van der Waals surface area contributed by atoms with E-state index in [1.165, 1.54) is 33.6 Å². The highest BCUT2D eigenvalue weighted by Crippen LogP contribution is 2.30. The van der Waals surface area contributed by atoms with Gasteiger partial charge in [0.05, 0.1) is 17.8 Å². The van der Waals surface area contributed by atoms with Gasteiger partial charge in [-0.2, -0.15) is 0 Å². The lowest BCUT2D eigenvalue weighted by Gasteiger charge is -2.32. The maximum absolute atomic E-state index is 13.4. The molecule has 11 heteroatoms. The number of carbonyl (C=O) groups is 1. The fraction of sp³-hybridized carbons (Fsp3) is 0.348. The van der Waals surface area contributed by atoms with Crippen molar-refractivity contribution in [3.05, 3.63) is 68.3 Å². The van der Waals surface area contributed by atoms with Crippen LogP contribution in [0.5, 0.6) is 0 Å². The first kappa shape index (κ1) is 22.6. The van der Waals surface area contributed by atoms with Crippen LogP contribution in [0.25, 0.3) is 15.9 Å². The van der Waals surface area contributed by atoms with Crippen LogP contribution in [0.2, 0.25) is 0 Å². The van der Waals surface area contributed by atoms with Gasteiger partial charge in [-0.1, -0.05) is 17.8 Å². The molecule has 0 N–H and O–H groups in total. The molecule has 1 aliphatic rings. The number of fused-ring (bicyclic) bond motifs is 2. The quantitative estimate of drug-likeness (QED) is 0.307. The topological polar surface area (TPSA) is 98.8 Å². The van der Waals surface area contributed by atoms with Gasteiger partial charge >= 0.3 is 6.09 Å². The molecule has 0 bridgehead atoms. The summed E-state index contributed by atoms with van der Waals surface area (Å²) in [5.41, 5.74) is 1.67. The standard InChI is InChI=1S/C23H23N5O4S2/c1-2-32-23(31)26-10-6-16(7-11-26)28-21(30)20-17(8-12-33-20)25-22(28)34-14-15-13-19(29)27-9-4-3-5-18(27)24-15/h3-5,8-9,12-13,16H,2,6-7,10-11,14H2,1H3. The fourth-order valence-electron chi connectivity index (χ4n) is 4.16. The first-order chi connectivity index (χ1) is 16.5. The van der Waals surface area contributed by atoms with Crippen molar-refractivity contribution in [3.63, 3.8) is 0 Å². The number of rotatable bonds is 5. The van der Waals surface area contributed by atoms with Gasteiger partial charge in [-0.05, 0) is 43.3 Å². The van der Waals surface area contributed by atoms with E-state index in [0.717, 1.165) is 0 Å². The highest BCUT2D eigenvalue weighted by molar-refractivity contribution is 7.98. The van der Waals surface area contributed by atoms with Crippen molar-refractivity contribution in [1.82, 2.24) is 23.8 Å². The SMILES string of the molecule is CCOC(=O)N1CCC(n2c(SCc3cc(=O)n4ccccc4n3)nc3ccsc3c2=O)CC1. The Balaban J connectivity index is 1.44. The number of thioether (sulfide) groups is 1. The Morgan fingerprint density at radius 2 is 2.03 bits per heavy atom. The van der Waals surface area contributed by atoms with Gasteiger partial charge in [0.25, 0.3) is 11.1 Å². The molecule has 34 heavy (non-hydrogen) atoms. The Labute approximate surface area is 203 Å². The summed E-state index contributed by atoms with van der Waals surface area (Å²) in [4.78, 5) is 49.0. The molecule has 1 amide bonds. The minimum atomic E-state index is -0.316. The summed E-state index contributed by atoms with van der Waals surface area (Å²) in [5, 5.41) is 2.47. The van der Waals surface area contributed by atoms with Gasteiger partial charge in [-0.15, -0.1) is 11.3 Å². The highest BCUT2D eigenvalue weighted by Gasteiger charge is 2.28. The average molecular weight is 498 g/mol. The van der Waals surface area contributed by atoms with E-state index in [1.54, 1.807) is 34.7 Å². The first-order valence-electron chi connectivity index (χ1n) is 11.1. The van der Waals surface area contributed by atoms with E-state index < -0.39 is 0 Å². The van der Waals surface area contributed by atoms with Gasteiger partial charge in [0.2, 0.25) is 0 Å². The number of likely N-dealkylation sites (tertiary alicyclic amines) is 1. The highest BCUT2D eigenvalue weighted by atomic mass is 32.2. The molecule has 0 saturated carbocycles. The van der Waals surface area contributed by atoms with Crippen molar-refractivity contribution in [2.75, 3.05) is 19.7 Å². The Hall–Kier alpha value is -3.18. The van der Waals surface area contributed by atoms with Crippen LogP contribution in [0.4, 0.5) is 4.79 Å². The number of nitrogens with zero attached hydrogens (tertiary/aromatic N) is 5. The van der Waals surface area contributed by atoms with Crippen LogP contribution in [0.15, 0.2) is 56.7 Å². The molecule has 0 atom stereocenters. The number of carbonyl (C=O) groups excluding carboxylic acids is 1. The Morgan fingerprint density at radius 1 is 1.21 bits per heavy atom. The number of aromatic nitrogens is 4. The van der Waals surface area contributed by atoms with Gasteiger partial charge in [-0.3, -0.25) is 18.6 Å². The molecule has 0 spiro atoms. The molecule has 4 aromatic rings. The third kappa shape index (κ3) is 4.32. The van der Waals surface area contributed by atoms with E-state index in [1.807, 2.05) is 17.5 Å². The molecule has 5 heterocycles. The molecule has 1 fully saturated rings. The average Bonchev–Trinajstić information content (AvgIpc) is 3.32. The molecular formula is C23H23N5O4S2. The summed E-state index contributed by atoms with van der Waals surface area (Å²) >= 11 is 2.78. The Morgan fingerprint density at radius 3 is 2.82 bits per heavy atom. The van der Waals surface area contributed by atoms with Gasteiger partial charge in [-0.25, -0.2) is 14.8 Å². The number of pyridine rings is 1. The van der Waals surface area contributed by atoms with E-state index in [9.17, 15) is 14.4 Å². The molecule has 9 nitrogen and oxygen atoms in total. The zero-order valence-corrected chi connectivity index (χ0v) is 20.2. The molecule has 4 aromatic heterocycles. The van der Waals surface area contributed by atoms with Crippen LogP contribution in [-0.4, -0.2) is 49.6 Å². The van der Waals surface area contributed by atoms with E-state index in [0.29, 0.717) is 65.0 Å². The van der Waals surface area contributed by atoms with Gasteiger partial charge in [0, 0.05) is 37.1 Å². The van der Waals surface area contributed by atoms with Gasteiger partial charge < -0.3 is 9.64 Å². The molecule has 0 radical (unpaired) electrons. The molecule has 0 aromatic carbocycles. The van der Waals surface area contributed by atoms with Crippen molar-refractivity contribution in [3.8, 4) is 0 Å². The van der Waals surface area contributed by atoms with Gasteiger partial charge in [0.1, 0.15) is 10.3 Å². The van der Waals surface area contributed by atoms with Crippen LogP contribution >= 0.6 is 23.1 Å². The minimum Gasteiger partial charge on any atom is -0.450 e. The van der Waals surface area contributed by atoms with E-state index >= 15 is 0 Å². The van der Waals surface area contributed by atoms with Crippen molar-refractivity contribution >= 4 is 45.1 Å². The summed E-state index contributed by atoms with van der Waals surface area (Å²) in [5.74, 6) is 0.407. The predicted molar refractivity (Wildman–Crippen MR) is 132 cm³/mol. The molecule has 176 valence electrons. The number of amides is 1. The summed E-state index contributed by atoms with van der Waals surface area (Å²) in [6.45, 7) is 3.16. The van der Waals surface area contributed by atoms with Crippen molar-refractivity contribution in [1.29, 1.82) is 0 Å². The monoisotopic (exact) mass is 497 g/mol. The van der Waals surface area contributed by atoms with Crippen LogP contribution < -0.4 is 11.1 Å².